The Kier molecular flexibility index (Phi) is 6.70. The van der Waals surface area contributed by atoms with Gasteiger partial charge in [-0.25, -0.2) is 4.98 Å². The number of anilines is 3. The summed E-state index contributed by atoms with van der Waals surface area (Å²) in [5, 5.41) is 3.89. The van der Waals surface area contributed by atoms with E-state index in [4.69, 9.17) is 27.9 Å². The van der Waals surface area contributed by atoms with Gasteiger partial charge in [-0.3, -0.25) is 19.4 Å². The van der Waals surface area contributed by atoms with Gasteiger partial charge in [0.2, 0.25) is 17.7 Å². The molecule has 3 aromatic rings. The molecule has 0 saturated carbocycles. The predicted molar refractivity (Wildman–Crippen MR) is 138 cm³/mol. The lowest BCUT2D eigenvalue weighted by Crippen LogP contribution is -2.39. The zero-order valence-corrected chi connectivity index (χ0v) is 21.3. The van der Waals surface area contributed by atoms with Crippen molar-refractivity contribution in [1.29, 1.82) is 0 Å². The Hall–Kier alpha value is -3.40. The van der Waals surface area contributed by atoms with Crippen LogP contribution in [0.5, 0.6) is 5.88 Å². The Morgan fingerprint density at radius 2 is 1.94 bits per heavy atom. The van der Waals surface area contributed by atoms with Crippen LogP contribution in [0.3, 0.4) is 0 Å². The quantitative estimate of drug-likeness (QED) is 0.537. The molecule has 2 amide bonds. The van der Waals surface area contributed by atoms with Crippen molar-refractivity contribution in [2.24, 2.45) is 0 Å². The molecule has 0 aliphatic carbocycles. The molecule has 36 heavy (non-hydrogen) atoms. The number of rotatable bonds is 5. The summed E-state index contributed by atoms with van der Waals surface area (Å²) in [5.41, 5.74) is 3.85. The molecule has 0 atom stereocenters. The van der Waals surface area contributed by atoms with Gasteiger partial charge >= 0.3 is 0 Å². The maximum absolute atomic E-state index is 13.1. The fourth-order valence-electron chi connectivity index (χ4n) is 4.21. The molecule has 0 bridgehead atoms. The van der Waals surface area contributed by atoms with E-state index < -0.39 is 0 Å². The summed E-state index contributed by atoms with van der Waals surface area (Å²) in [4.78, 5) is 39.0. The summed E-state index contributed by atoms with van der Waals surface area (Å²) < 4.78 is 5.76. The van der Waals surface area contributed by atoms with E-state index in [1.165, 1.54) is 22.2 Å². The second-order valence-electron chi connectivity index (χ2n) is 8.85. The third-order valence-electron chi connectivity index (χ3n) is 6.18. The summed E-state index contributed by atoms with van der Waals surface area (Å²) in [7, 11) is 3.54. The minimum absolute atomic E-state index is 0.0720. The molecule has 186 valence electrons. The van der Waals surface area contributed by atoms with Gasteiger partial charge in [-0.15, -0.1) is 0 Å². The highest BCUT2D eigenvalue weighted by Crippen LogP contribution is 2.37. The van der Waals surface area contributed by atoms with Gasteiger partial charge in [-0.1, -0.05) is 35.3 Å². The average Bonchev–Trinajstić information content (AvgIpc) is 2.85. The molecular formula is C25H24Cl2N6O3. The van der Waals surface area contributed by atoms with Gasteiger partial charge in [0.15, 0.2) is 6.73 Å². The van der Waals surface area contributed by atoms with Crippen LogP contribution in [0.25, 0.3) is 0 Å². The second kappa shape index (κ2) is 9.93. The van der Waals surface area contributed by atoms with E-state index >= 15 is 0 Å². The molecular weight excluding hydrogens is 503 g/mol. The molecule has 3 heterocycles. The number of likely N-dealkylation sites (N-methyl/N-ethyl adjacent to an activating group) is 1. The number of aromatic nitrogens is 2. The van der Waals surface area contributed by atoms with Gasteiger partial charge in [-0.05, 0) is 41.8 Å². The Morgan fingerprint density at radius 1 is 1.17 bits per heavy atom. The van der Waals surface area contributed by atoms with Crippen LogP contribution in [0.2, 0.25) is 10.0 Å². The highest BCUT2D eigenvalue weighted by Gasteiger charge is 2.31. The highest BCUT2D eigenvalue weighted by atomic mass is 35.5. The lowest BCUT2D eigenvalue weighted by molar-refractivity contribution is -0.130. The zero-order valence-electron chi connectivity index (χ0n) is 19.8. The van der Waals surface area contributed by atoms with Crippen LogP contribution in [0.4, 0.5) is 17.3 Å². The smallest absolute Gasteiger partial charge is 0.268 e. The molecule has 2 aliphatic heterocycles. The summed E-state index contributed by atoms with van der Waals surface area (Å²) in [6, 6.07) is 11.1. The van der Waals surface area contributed by atoms with Crippen molar-refractivity contribution < 1.29 is 14.3 Å². The van der Waals surface area contributed by atoms with Gasteiger partial charge < -0.3 is 15.0 Å². The SMILES string of the molecule is CN(C)C(=O)CN1CCc2cc(Nc3ncc4c(n3)OCN(c3c(Cl)cccc3Cl)C4=O)ccc2C1. The first-order chi connectivity index (χ1) is 17.3. The molecule has 5 rings (SSSR count). The number of halogens is 2. The third-order valence-corrected chi connectivity index (χ3v) is 6.79. The van der Waals surface area contributed by atoms with Crippen molar-refractivity contribution in [3.05, 3.63) is 69.3 Å². The molecule has 2 aliphatic rings. The first-order valence-corrected chi connectivity index (χ1v) is 12.1. The fraction of sp³-hybridized carbons (Fsp3) is 0.280. The zero-order chi connectivity index (χ0) is 25.4. The van der Waals surface area contributed by atoms with Crippen LogP contribution in [0.15, 0.2) is 42.6 Å². The first-order valence-electron chi connectivity index (χ1n) is 11.4. The lowest BCUT2D eigenvalue weighted by atomic mass is 9.99. The van der Waals surface area contributed by atoms with E-state index in [-0.39, 0.29) is 30.0 Å². The minimum atomic E-state index is -0.344. The monoisotopic (exact) mass is 526 g/mol. The second-order valence-corrected chi connectivity index (χ2v) is 9.66. The maximum Gasteiger partial charge on any atom is 0.268 e. The minimum Gasteiger partial charge on any atom is -0.455 e. The third kappa shape index (κ3) is 4.82. The average molecular weight is 527 g/mol. The lowest BCUT2D eigenvalue weighted by Gasteiger charge is -2.29. The molecule has 0 unspecified atom stereocenters. The van der Waals surface area contributed by atoms with Gasteiger partial charge in [0.05, 0.1) is 22.3 Å². The summed E-state index contributed by atoms with van der Waals surface area (Å²) >= 11 is 12.5. The number of hydrogen-bond acceptors (Lipinski definition) is 7. The molecule has 0 radical (unpaired) electrons. The fourth-order valence-corrected chi connectivity index (χ4v) is 4.81. The van der Waals surface area contributed by atoms with Crippen LogP contribution >= 0.6 is 23.2 Å². The van der Waals surface area contributed by atoms with Crippen molar-refractivity contribution in [1.82, 2.24) is 19.8 Å². The molecule has 0 saturated heterocycles. The number of nitrogens with one attached hydrogen (secondary N) is 1. The van der Waals surface area contributed by atoms with Crippen LogP contribution < -0.4 is 15.0 Å². The first kappa shape index (κ1) is 24.3. The van der Waals surface area contributed by atoms with E-state index in [2.05, 4.69) is 26.3 Å². The molecule has 9 nitrogen and oxygen atoms in total. The van der Waals surface area contributed by atoms with E-state index in [1.54, 1.807) is 37.2 Å². The van der Waals surface area contributed by atoms with Crippen LogP contribution in [0, 0.1) is 0 Å². The number of amides is 2. The van der Waals surface area contributed by atoms with Crippen molar-refractivity contribution >= 4 is 52.3 Å². The van der Waals surface area contributed by atoms with Crippen LogP contribution in [-0.4, -0.2) is 65.5 Å². The van der Waals surface area contributed by atoms with Crippen molar-refractivity contribution in [2.45, 2.75) is 13.0 Å². The number of para-hydroxylation sites is 1. The maximum atomic E-state index is 13.1. The number of carbonyl (C=O) groups is 2. The Morgan fingerprint density at radius 3 is 2.69 bits per heavy atom. The van der Waals surface area contributed by atoms with Crippen LogP contribution in [0.1, 0.15) is 21.5 Å². The number of nitrogens with zero attached hydrogens (tertiary/aromatic N) is 5. The standard InChI is InChI=1S/C25H24Cl2N6O3/c1-31(2)21(34)13-32-9-8-15-10-17(7-6-16(15)12-32)29-25-28-11-18-23(30-25)36-14-33(24(18)35)22-19(26)4-3-5-20(22)27/h3-7,10-11H,8-9,12-14H2,1-2H3,(H,28,29,30). The topological polar surface area (TPSA) is 90.9 Å². The molecule has 0 spiro atoms. The van der Waals surface area contributed by atoms with Crippen molar-refractivity contribution in [3.8, 4) is 5.88 Å². The van der Waals surface area contributed by atoms with Crippen molar-refractivity contribution in [2.75, 3.05) is 44.1 Å². The van der Waals surface area contributed by atoms with Gasteiger partial charge in [0.1, 0.15) is 5.56 Å². The number of benzene rings is 2. The Labute approximate surface area is 218 Å². The summed E-state index contributed by atoms with van der Waals surface area (Å²) in [6.45, 7) is 1.88. The van der Waals surface area contributed by atoms with Gasteiger partial charge in [0.25, 0.3) is 5.91 Å². The van der Waals surface area contributed by atoms with Gasteiger partial charge in [0, 0.05) is 39.1 Å². The summed E-state index contributed by atoms with van der Waals surface area (Å²) in [6.07, 6.45) is 2.27. The largest absolute Gasteiger partial charge is 0.455 e. The Bertz CT molecular complexity index is 1330. The molecule has 0 fully saturated rings. The normalized spacial score (nSPS) is 15.1. The number of carbonyl (C=O) groups excluding carboxylic acids is 2. The molecule has 2 aromatic carbocycles. The summed E-state index contributed by atoms with van der Waals surface area (Å²) in [5.74, 6) is 0.264. The Balaban J connectivity index is 1.29. The van der Waals surface area contributed by atoms with E-state index in [0.717, 1.165) is 25.2 Å². The van der Waals surface area contributed by atoms with Crippen LogP contribution in [-0.2, 0) is 17.8 Å². The highest BCUT2D eigenvalue weighted by molar-refractivity contribution is 6.40. The predicted octanol–water partition coefficient (Wildman–Crippen LogP) is 3.97. The van der Waals surface area contributed by atoms with E-state index in [1.807, 2.05) is 12.1 Å². The van der Waals surface area contributed by atoms with E-state index in [0.29, 0.717) is 28.2 Å². The van der Waals surface area contributed by atoms with Crippen molar-refractivity contribution in [3.63, 3.8) is 0 Å². The number of fused-ring (bicyclic) bond motifs is 2. The number of ether oxygens (including phenoxy) is 1. The molecule has 1 aromatic heterocycles. The van der Waals surface area contributed by atoms with E-state index in [9.17, 15) is 9.59 Å². The molecule has 11 heteroatoms. The molecule has 1 N–H and O–H groups in total. The van der Waals surface area contributed by atoms with Gasteiger partial charge in [-0.2, -0.15) is 4.98 Å². The number of hydrogen-bond donors (Lipinski definition) is 1.